The molecule has 2 unspecified atom stereocenters. The number of carboxylic acids is 2. The Kier molecular flexibility index (Phi) is 3.12. The van der Waals surface area contributed by atoms with Gasteiger partial charge >= 0.3 is 11.9 Å². The summed E-state index contributed by atoms with van der Waals surface area (Å²) in [4.78, 5) is 33.1. The van der Waals surface area contributed by atoms with Crippen LogP contribution < -0.4 is 5.32 Å². The molecule has 0 saturated heterocycles. The Labute approximate surface area is 107 Å². The molecule has 0 spiro atoms. The van der Waals surface area contributed by atoms with Crippen LogP contribution in [0.4, 0.5) is 5.69 Å². The summed E-state index contributed by atoms with van der Waals surface area (Å²) in [5.41, 5.74) is -0.125. The third-order valence-electron chi connectivity index (χ3n) is 2.94. The fourth-order valence-corrected chi connectivity index (χ4v) is 1.78. The quantitative estimate of drug-likeness (QED) is 0.595. The monoisotopic (exact) mass is 265 g/mol. The van der Waals surface area contributed by atoms with Crippen molar-refractivity contribution in [1.29, 1.82) is 0 Å². The number of hydrogen-bond donors (Lipinski definition) is 4. The number of carbonyl (C=O) groups excluding carboxylic acids is 1. The lowest BCUT2D eigenvalue weighted by Gasteiger charge is -2.06. The van der Waals surface area contributed by atoms with Crippen molar-refractivity contribution in [2.45, 2.75) is 6.42 Å². The molecule has 1 aliphatic carbocycles. The van der Waals surface area contributed by atoms with Crippen molar-refractivity contribution in [1.82, 2.24) is 0 Å². The van der Waals surface area contributed by atoms with Crippen molar-refractivity contribution < 1.29 is 29.7 Å². The van der Waals surface area contributed by atoms with Crippen LogP contribution >= 0.6 is 0 Å². The van der Waals surface area contributed by atoms with Gasteiger partial charge < -0.3 is 20.6 Å². The van der Waals surface area contributed by atoms with Crippen molar-refractivity contribution in [3.05, 3.63) is 23.8 Å². The van der Waals surface area contributed by atoms with E-state index in [9.17, 15) is 19.5 Å². The van der Waals surface area contributed by atoms with Crippen molar-refractivity contribution in [2.24, 2.45) is 11.8 Å². The molecule has 1 aromatic carbocycles. The van der Waals surface area contributed by atoms with Gasteiger partial charge in [-0.25, -0.2) is 4.79 Å². The van der Waals surface area contributed by atoms with Crippen molar-refractivity contribution in [3.63, 3.8) is 0 Å². The first-order valence-electron chi connectivity index (χ1n) is 5.50. The van der Waals surface area contributed by atoms with E-state index in [-0.39, 0.29) is 17.7 Å². The number of aliphatic carboxylic acids is 1. The molecule has 0 radical (unpaired) electrons. The molecule has 2 atom stereocenters. The van der Waals surface area contributed by atoms with Crippen LogP contribution in [0.3, 0.4) is 0 Å². The maximum Gasteiger partial charge on any atom is 0.339 e. The third kappa shape index (κ3) is 2.65. The van der Waals surface area contributed by atoms with E-state index in [1.54, 1.807) is 0 Å². The standard InChI is InChI=1S/C12H11NO6/c14-9-2-1-5(3-8(9)12(18)19)13-10(15)6-4-7(6)11(16)17/h1-3,6-7,14H,4H2,(H,13,15)(H,16,17)(H,18,19). The highest BCUT2D eigenvalue weighted by molar-refractivity contribution is 5.99. The summed E-state index contributed by atoms with van der Waals surface area (Å²) in [6.07, 6.45) is 0.283. The van der Waals surface area contributed by atoms with E-state index in [0.717, 1.165) is 12.1 Å². The van der Waals surface area contributed by atoms with E-state index in [1.807, 2.05) is 0 Å². The molecular weight excluding hydrogens is 254 g/mol. The Balaban J connectivity index is 2.08. The maximum absolute atomic E-state index is 11.7. The van der Waals surface area contributed by atoms with Crippen LogP contribution in [0, 0.1) is 11.8 Å². The predicted molar refractivity (Wildman–Crippen MR) is 62.9 cm³/mol. The summed E-state index contributed by atoms with van der Waals surface area (Å²) in [6.45, 7) is 0. The van der Waals surface area contributed by atoms with E-state index < -0.39 is 35.4 Å². The molecule has 19 heavy (non-hydrogen) atoms. The highest BCUT2D eigenvalue weighted by Gasteiger charge is 2.48. The maximum atomic E-state index is 11.7. The van der Waals surface area contributed by atoms with E-state index in [4.69, 9.17) is 10.2 Å². The van der Waals surface area contributed by atoms with Gasteiger partial charge in [0.2, 0.25) is 5.91 Å². The first kappa shape index (κ1) is 12.9. The second-order valence-corrected chi connectivity index (χ2v) is 4.31. The van der Waals surface area contributed by atoms with Gasteiger partial charge in [-0.1, -0.05) is 0 Å². The van der Waals surface area contributed by atoms with Crippen LogP contribution in [0.15, 0.2) is 18.2 Å². The normalized spacial score (nSPS) is 20.6. The molecule has 0 aliphatic heterocycles. The zero-order valence-electron chi connectivity index (χ0n) is 9.66. The van der Waals surface area contributed by atoms with Gasteiger partial charge in [0.25, 0.3) is 0 Å². The first-order valence-corrected chi connectivity index (χ1v) is 5.50. The summed E-state index contributed by atoms with van der Waals surface area (Å²) >= 11 is 0. The number of benzene rings is 1. The highest BCUT2D eigenvalue weighted by atomic mass is 16.4. The molecule has 4 N–H and O–H groups in total. The minimum atomic E-state index is -1.32. The van der Waals surface area contributed by atoms with Crippen LogP contribution in [-0.4, -0.2) is 33.2 Å². The Hall–Kier alpha value is -2.57. The molecule has 1 aliphatic rings. The van der Waals surface area contributed by atoms with Gasteiger partial charge in [0.15, 0.2) is 0 Å². The smallest absolute Gasteiger partial charge is 0.339 e. The third-order valence-corrected chi connectivity index (χ3v) is 2.94. The molecule has 2 rings (SSSR count). The SMILES string of the molecule is O=C(O)c1cc(NC(=O)C2CC2C(=O)O)ccc1O. The number of nitrogens with one attached hydrogen (secondary N) is 1. The zero-order valence-corrected chi connectivity index (χ0v) is 9.66. The number of hydrogen-bond acceptors (Lipinski definition) is 4. The molecule has 1 amide bonds. The number of phenols is 1. The zero-order chi connectivity index (χ0) is 14.2. The Morgan fingerprint density at radius 1 is 1.16 bits per heavy atom. The molecular formula is C12H11NO6. The number of carbonyl (C=O) groups is 3. The van der Waals surface area contributed by atoms with E-state index in [2.05, 4.69) is 5.32 Å². The lowest BCUT2D eigenvalue weighted by atomic mass is 10.1. The molecule has 0 bridgehead atoms. The second-order valence-electron chi connectivity index (χ2n) is 4.31. The summed E-state index contributed by atoms with van der Waals surface area (Å²) in [5, 5.41) is 29.3. The minimum absolute atomic E-state index is 0.205. The van der Waals surface area contributed by atoms with Gasteiger partial charge in [-0.15, -0.1) is 0 Å². The van der Waals surface area contributed by atoms with Gasteiger partial charge in [0.05, 0.1) is 11.8 Å². The molecule has 0 heterocycles. The molecule has 1 aromatic rings. The molecule has 100 valence electrons. The summed E-state index contributed by atoms with van der Waals surface area (Å²) in [5.74, 6) is -4.45. The van der Waals surface area contributed by atoms with E-state index >= 15 is 0 Å². The van der Waals surface area contributed by atoms with Gasteiger partial charge in [-0.2, -0.15) is 0 Å². The summed E-state index contributed by atoms with van der Waals surface area (Å²) < 4.78 is 0. The van der Waals surface area contributed by atoms with Crippen molar-refractivity contribution >= 4 is 23.5 Å². The number of aromatic hydroxyl groups is 1. The van der Waals surface area contributed by atoms with Crippen molar-refractivity contribution in [3.8, 4) is 5.75 Å². The summed E-state index contributed by atoms with van der Waals surface area (Å²) in [7, 11) is 0. The number of aromatic carboxylic acids is 1. The molecule has 7 heteroatoms. The van der Waals surface area contributed by atoms with Gasteiger partial charge in [0.1, 0.15) is 11.3 Å². The first-order chi connectivity index (χ1) is 8.90. The van der Waals surface area contributed by atoms with Crippen LogP contribution in [-0.2, 0) is 9.59 Å². The van der Waals surface area contributed by atoms with Gasteiger partial charge in [0, 0.05) is 5.69 Å². The predicted octanol–water partition coefficient (Wildman–Crippen LogP) is 0.750. The average Bonchev–Trinajstić information content (AvgIpc) is 3.11. The Morgan fingerprint density at radius 2 is 1.84 bits per heavy atom. The largest absolute Gasteiger partial charge is 0.507 e. The molecule has 7 nitrogen and oxygen atoms in total. The highest BCUT2D eigenvalue weighted by Crippen LogP contribution is 2.39. The van der Waals surface area contributed by atoms with Crippen LogP contribution in [0.5, 0.6) is 5.75 Å². The lowest BCUT2D eigenvalue weighted by molar-refractivity contribution is -0.139. The Bertz CT molecular complexity index is 567. The lowest BCUT2D eigenvalue weighted by Crippen LogP contribution is -2.17. The minimum Gasteiger partial charge on any atom is -0.507 e. The fraction of sp³-hybridized carbons (Fsp3) is 0.250. The second kappa shape index (κ2) is 4.60. The van der Waals surface area contributed by atoms with E-state index in [1.165, 1.54) is 6.07 Å². The fourth-order valence-electron chi connectivity index (χ4n) is 1.78. The Morgan fingerprint density at radius 3 is 2.37 bits per heavy atom. The summed E-state index contributed by atoms with van der Waals surface area (Å²) in [6, 6.07) is 3.62. The van der Waals surface area contributed by atoms with Crippen LogP contribution in [0.25, 0.3) is 0 Å². The van der Waals surface area contributed by atoms with Crippen LogP contribution in [0.2, 0.25) is 0 Å². The number of carboxylic acid groups (broad SMARTS) is 2. The van der Waals surface area contributed by atoms with Crippen molar-refractivity contribution in [2.75, 3.05) is 5.32 Å². The molecule has 1 saturated carbocycles. The van der Waals surface area contributed by atoms with Gasteiger partial charge in [-0.05, 0) is 24.6 Å². The van der Waals surface area contributed by atoms with E-state index in [0.29, 0.717) is 0 Å². The number of rotatable bonds is 4. The topological polar surface area (TPSA) is 124 Å². The molecule has 1 fully saturated rings. The van der Waals surface area contributed by atoms with Gasteiger partial charge in [-0.3, -0.25) is 9.59 Å². The molecule has 0 aromatic heterocycles. The van der Waals surface area contributed by atoms with Crippen LogP contribution in [0.1, 0.15) is 16.8 Å². The number of anilines is 1. The average molecular weight is 265 g/mol. The number of amides is 1.